The lowest BCUT2D eigenvalue weighted by molar-refractivity contribution is -0.149. The molecule has 1 fully saturated rings. The highest BCUT2D eigenvalue weighted by Crippen LogP contribution is 2.25. The number of piperidine rings is 1. The average molecular weight is 549 g/mol. The Bertz CT molecular complexity index is 1260. The third-order valence-electron chi connectivity index (χ3n) is 6.56. The second kappa shape index (κ2) is 14.1. The van der Waals surface area contributed by atoms with Gasteiger partial charge < -0.3 is 19.3 Å². The fourth-order valence-electron chi connectivity index (χ4n) is 4.62. The molecule has 0 radical (unpaired) electrons. The molecule has 0 spiro atoms. The normalized spacial score (nSPS) is 15.2. The molecule has 8 nitrogen and oxygen atoms in total. The molecule has 1 aliphatic heterocycles. The molecule has 4 rings (SSSR count). The van der Waals surface area contributed by atoms with Crippen molar-refractivity contribution in [3.8, 4) is 0 Å². The first kappa shape index (κ1) is 28.6. The van der Waals surface area contributed by atoms with Crippen LogP contribution in [0, 0.1) is 5.92 Å². The van der Waals surface area contributed by atoms with Gasteiger partial charge in [0, 0.05) is 51.2 Å². The summed E-state index contributed by atoms with van der Waals surface area (Å²) < 4.78 is 10.5. The van der Waals surface area contributed by atoms with Gasteiger partial charge in [0.05, 0.1) is 24.8 Å². The number of thioether (sulfide) groups is 1. The third kappa shape index (κ3) is 8.03. The number of carbonyl (C=O) groups excluding carboxylic acids is 2. The molecule has 1 aliphatic rings. The van der Waals surface area contributed by atoms with E-state index in [2.05, 4.69) is 22.0 Å². The van der Waals surface area contributed by atoms with Crippen molar-refractivity contribution in [3.63, 3.8) is 0 Å². The number of likely N-dealkylation sites (tertiary alicyclic amines) is 1. The highest BCUT2D eigenvalue weighted by atomic mass is 32.2. The van der Waals surface area contributed by atoms with Crippen LogP contribution in [0.1, 0.15) is 46.9 Å². The molecule has 0 aliphatic carbocycles. The van der Waals surface area contributed by atoms with Gasteiger partial charge in [0.15, 0.2) is 5.16 Å². The molecular weight excluding hydrogens is 512 g/mol. The quantitative estimate of drug-likeness (QED) is 0.189. The number of amides is 1. The summed E-state index contributed by atoms with van der Waals surface area (Å²) in [4.78, 5) is 38.8. The molecule has 2 heterocycles. The molecule has 0 bridgehead atoms. The number of hydrogen-bond acceptors (Lipinski definition) is 8. The molecule has 39 heavy (non-hydrogen) atoms. The summed E-state index contributed by atoms with van der Waals surface area (Å²) in [5.74, 6) is 0.912. The highest BCUT2D eigenvalue weighted by Gasteiger charge is 2.29. The minimum absolute atomic E-state index is 0.0565. The van der Waals surface area contributed by atoms with Gasteiger partial charge in [0.1, 0.15) is 5.82 Å². The van der Waals surface area contributed by atoms with Crippen LogP contribution in [0.25, 0.3) is 0 Å². The Labute approximate surface area is 234 Å². The Balaban J connectivity index is 1.43. The average Bonchev–Trinajstić information content (AvgIpc) is 2.96. The Kier molecular flexibility index (Phi) is 10.3. The van der Waals surface area contributed by atoms with Crippen molar-refractivity contribution in [2.45, 2.75) is 43.8 Å². The number of benzene rings is 2. The van der Waals surface area contributed by atoms with Crippen LogP contribution in [0.4, 0.5) is 5.82 Å². The Hall–Kier alpha value is -3.43. The van der Waals surface area contributed by atoms with Gasteiger partial charge in [-0.15, -0.1) is 0 Å². The first-order chi connectivity index (χ1) is 19.0. The number of aromatic nitrogens is 2. The van der Waals surface area contributed by atoms with Gasteiger partial charge in [-0.05, 0) is 43.0 Å². The first-order valence-corrected chi connectivity index (χ1v) is 14.2. The van der Waals surface area contributed by atoms with Crippen molar-refractivity contribution < 1.29 is 19.1 Å². The lowest BCUT2D eigenvalue weighted by Crippen LogP contribution is -2.42. The molecule has 1 amide bonds. The number of nitrogens with zero attached hydrogens (tertiary/aromatic N) is 4. The van der Waals surface area contributed by atoms with Crippen LogP contribution in [-0.4, -0.2) is 60.6 Å². The molecule has 3 aromatic rings. The number of anilines is 1. The fourth-order valence-corrected chi connectivity index (χ4v) is 5.43. The fraction of sp³-hybridized carbons (Fsp3) is 0.400. The van der Waals surface area contributed by atoms with E-state index < -0.39 is 0 Å². The Morgan fingerprint density at radius 2 is 1.87 bits per heavy atom. The number of rotatable bonds is 11. The second-order valence-corrected chi connectivity index (χ2v) is 10.5. The van der Waals surface area contributed by atoms with Crippen LogP contribution < -0.4 is 4.90 Å². The van der Waals surface area contributed by atoms with Crippen molar-refractivity contribution in [3.05, 3.63) is 83.0 Å². The molecule has 2 aromatic carbocycles. The highest BCUT2D eigenvalue weighted by molar-refractivity contribution is 7.98. The number of carbonyl (C=O) groups is 2. The molecular formula is C30H36N4O4S. The second-order valence-electron chi connectivity index (χ2n) is 9.61. The van der Waals surface area contributed by atoms with E-state index in [9.17, 15) is 9.59 Å². The van der Waals surface area contributed by atoms with Crippen LogP contribution >= 0.6 is 11.8 Å². The largest absolute Gasteiger partial charge is 0.466 e. The number of methoxy groups -OCH3 is 1. The van der Waals surface area contributed by atoms with E-state index in [0.717, 1.165) is 36.5 Å². The molecule has 1 aromatic heterocycles. The molecule has 1 atom stereocenters. The van der Waals surface area contributed by atoms with Crippen LogP contribution in [0.3, 0.4) is 0 Å². The van der Waals surface area contributed by atoms with E-state index in [1.54, 1.807) is 18.9 Å². The van der Waals surface area contributed by atoms with E-state index in [0.29, 0.717) is 42.8 Å². The molecule has 0 N–H and O–H groups in total. The lowest BCUT2D eigenvalue weighted by atomic mass is 9.97. The standard InChI is InChI=1S/C30H36N4O4S/c1-4-38-29(36)25-14-9-15-34(19-25)28(35)24-13-8-12-23(16-24)21-39-30-31-26(20-37-3)17-27(32-30)33(2)18-22-10-6-5-7-11-22/h5-8,10-13,16-17,25H,4,9,14-15,18-21H2,1-3H3/t25-/m1/s1. The minimum Gasteiger partial charge on any atom is -0.466 e. The van der Waals surface area contributed by atoms with Crippen LogP contribution in [0.5, 0.6) is 0 Å². The van der Waals surface area contributed by atoms with Gasteiger partial charge >= 0.3 is 5.97 Å². The molecule has 206 valence electrons. The van der Waals surface area contributed by atoms with E-state index in [1.807, 2.05) is 55.6 Å². The smallest absolute Gasteiger partial charge is 0.310 e. The van der Waals surface area contributed by atoms with Gasteiger partial charge in [0.25, 0.3) is 5.91 Å². The minimum atomic E-state index is -0.257. The maximum Gasteiger partial charge on any atom is 0.310 e. The van der Waals surface area contributed by atoms with E-state index in [1.165, 1.54) is 17.3 Å². The zero-order valence-corrected chi connectivity index (χ0v) is 23.7. The zero-order valence-electron chi connectivity index (χ0n) is 22.8. The molecule has 9 heteroatoms. The summed E-state index contributed by atoms with van der Waals surface area (Å²) in [5.41, 5.74) is 3.64. The van der Waals surface area contributed by atoms with Crippen molar-refractivity contribution in [1.29, 1.82) is 0 Å². The van der Waals surface area contributed by atoms with E-state index in [-0.39, 0.29) is 17.8 Å². The van der Waals surface area contributed by atoms with Crippen molar-refractivity contribution in [2.75, 3.05) is 38.8 Å². The maximum absolute atomic E-state index is 13.3. The van der Waals surface area contributed by atoms with Gasteiger partial charge in [0.2, 0.25) is 0 Å². The Morgan fingerprint density at radius 1 is 1.08 bits per heavy atom. The molecule has 0 unspecified atom stereocenters. The van der Waals surface area contributed by atoms with E-state index in [4.69, 9.17) is 14.5 Å². The summed E-state index contributed by atoms with van der Waals surface area (Å²) >= 11 is 1.53. The SMILES string of the molecule is CCOC(=O)[C@@H]1CCCN(C(=O)c2cccc(CSc3nc(COC)cc(N(C)Cc4ccccc4)n3)c2)C1. The maximum atomic E-state index is 13.3. The van der Waals surface area contributed by atoms with Gasteiger partial charge in [-0.1, -0.05) is 54.2 Å². The predicted molar refractivity (Wildman–Crippen MR) is 153 cm³/mol. The summed E-state index contributed by atoms with van der Waals surface area (Å²) in [6, 6.07) is 19.9. The monoisotopic (exact) mass is 548 g/mol. The lowest BCUT2D eigenvalue weighted by Gasteiger charge is -2.31. The van der Waals surface area contributed by atoms with Crippen molar-refractivity contribution in [1.82, 2.24) is 14.9 Å². The molecule has 1 saturated heterocycles. The van der Waals surface area contributed by atoms with Crippen LogP contribution in [0.15, 0.2) is 65.8 Å². The van der Waals surface area contributed by atoms with Crippen molar-refractivity contribution >= 4 is 29.5 Å². The number of ether oxygens (including phenoxy) is 2. The van der Waals surface area contributed by atoms with Gasteiger partial charge in [-0.25, -0.2) is 9.97 Å². The van der Waals surface area contributed by atoms with Gasteiger partial charge in [-0.2, -0.15) is 0 Å². The Morgan fingerprint density at radius 3 is 2.64 bits per heavy atom. The van der Waals surface area contributed by atoms with Crippen molar-refractivity contribution in [2.24, 2.45) is 5.92 Å². The summed E-state index contributed by atoms with van der Waals surface area (Å²) in [7, 11) is 3.67. The number of esters is 1. The predicted octanol–water partition coefficient (Wildman–Crippen LogP) is 4.97. The summed E-state index contributed by atoms with van der Waals surface area (Å²) in [5, 5.41) is 0.657. The summed E-state index contributed by atoms with van der Waals surface area (Å²) in [6.07, 6.45) is 1.55. The summed E-state index contributed by atoms with van der Waals surface area (Å²) in [6.45, 7) is 4.33. The third-order valence-corrected chi connectivity index (χ3v) is 7.48. The first-order valence-electron chi connectivity index (χ1n) is 13.3. The number of hydrogen-bond donors (Lipinski definition) is 0. The zero-order chi connectivity index (χ0) is 27.6. The molecule has 0 saturated carbocycles. The van der Waals surface area contributed by atoms with E-state index >= 15 is 0 Å². The van der Waals surface area contributed by atoms with Crippen LogP contribution in [-0.2, 0) is 33.2 Å². The topological polar surface area (TPSA) is 84.9 Å². The van der Waals surface area contributed by atoms with Crippen LogP contribution in [0.2, 0.25) is 0 Å². The van der Waals surface area contributed by atoms with Gasteiger partial charge in [-0.3, -0.25) is 9.59 Å².